The van der Waals surface area contributed by atoms with Crippen molar-refractivity contribution in [3.63, 3.8) is 0 Å². The standard InChI is InChI=1S/C17H20O4/c1-11(8-17(19)20)7-16(18)14-4-3-13-10-15(21-2)6-5-12(13)9-14/h3-6,9-11,16,18H,7-8H2,1-2H3,(H,19,20). The summed E-state index contributed by atoms with van der Waals surface area (Å²) < 4.78 is 5.18. The molecule has 0 aliphatic carbocycles. The second kappa shape index (κ2) is 6.59. The van der Waals surface area contributed by atoms with E-state index in [1.54, 1.807) is 7.11 Å². The van der Waals surface area contributed by atoms with Gasteiger partial charge in [-0.25, -0.2) is 0 Å². The number of ether oxygens (including phenoxy) is 1. The Labute approximate surface area is 124 Å². The lowest BCUT2D eigenvalue weighted by molar-refractivity contribution is -0.138. The number of rotatable bonds is 6. The van der Waals surface area contributed by atoms with Gasteiger partial charge in [0.2, 0.25) is 0 Å². The van der Waals surface area contributed by atoms with Crippen molar-refractivity contribution in [1.82, 2.24) is 0 Å². The molecule has 0 saturated heterocycles. The van der Waals surface area contributed by atoms with Crippen molar-refractivity contribution in [2.45, 2.75) is 25.9 Å². The first-order valence-electron chi connectivity index (χ1n) is 6.97. The van der Waals surface area contributed by atoms with Gasteiger partial charge in [0.15, 0.2) is 0 Å². The quantitative estimate of drug-likeness (QED) is 0.855. The van der Waals surface area contributed by atoms with Gasteiger partial charge in [-0.15, -0.1) is 0 Å². The summed E-state index contributed by atoms with van der Waals surface area (Å²) in [6, 6.07) is 11.5. The maximum absolute atomic E-state index is 10.7. The Kier molecular flexibility index (Phi) is 4.81. The molecule has 0 radical (unpaired) electrons. The van der Waals surface area contributed by atoms with E-state index in [1.165, 1.54) is 0 Å². The molecule has 2 atom stereocenters. The molecule has 0 heterocycles. The van der Waals surface area contributed by atoms with Gasteiger partial charge in [0.05, 0.1) is 13.2 Å². The average molecular weight is 288 g/mol. The largest absolute Gasteiger partial charge is 0.497 e. The normalized spacial score (nSPS) is 13.9. The minimum Gasteiger partial charge on any atom is -0.497 e. The minimum absolute atomic E-state index is 0.0657. The highest BCUT2D eigenvalue weighted by molar-refractivity contribution is 5.84. The average Bonchev–Trinajstić information content (AvgIpc) is 2.45. The lowest BCUT2D eigenvalue weighted by Gasteiger charge is -2.16. The summed E-state index contributed by atoms with van der Waals surface area (Å²) in [7, 11) is 1.63. The van der Waals surface area contributed by atoms with Gasteiger partial charge in [-0.1, -0.05) is 25.1 Å². The summed E-state index contributed by atoms with van der Waals surface area (Å²) >= 11 is 0. The van der Waals surface area contributed by atoms with Crippen LogP contribution in [0.15, 0.2) is 36.4 Å². The van der Waals surface area contributed by atoms with E-state index in [2.05, 4.69) is 0 Å². The summed E-state index contributed by atoms with van der Waals surface area (Å²) in [5.74, 6) is -0.102. The molecule has 2 rings (SSSR count). The highest BCUT2D eigenvalue weighted by Crippen LogP contribution is 2.27. The van der Waals surface area contributed by atoms with E-state index in [1.807, 2.05) is 43.3 Å². The van der Waals surface area contributed by atoms with Gasteiger partial charge >= 0.3 is 5.97 Å². The van der Waals surface area contributed by atoms with Crippen molar-refractivity contribution in [3.8, 4) is 5.75 Å². The molecule has 0 saturated carbocycles. The number of aliphatic hydroxyl groups is 1. The number of carbonyl (C=O) groups is 1. The van der Waals surface area contributed by atoms with Crippen LogP contribution < -0.4 is 4.74 Å². The van der Waals surface area contributed by atoms with E-state index in [-0.39, 0.29) is 12.3 Å². The SMILES string of the molecule is COc1ccc2cc(C(O)CC(C)CC(=O)O)ccc2c1. The van der Waals surface area contributed by atoms with Gasteiger partial charge in [0.25, 0.3) is 0 Å². The third-order valence-corrected chi connectivity index (χ3v) is 3.60. The van der Waals surface area contributed by atoms with E-state index in [4.69, 9.17) is 9.84 Å². The zero-order valence-electron chi connectivity index (χ0n) is 12.2. The molecule has 0 fully saturated rings. The number of carboxylic acid groups (broad SMARTS) is 1. The van der Waals surface area contributed by atoms with Gasteiger partial charge in [-0.2, -0.15) is 0 Å². The van der Waals surface area contributed by atoms with Crippen LogP contribution in [0.5, 0.6) is 5.75 Å². The molecule has 0 bridgehead atoms. The number of aliphatic carboxylic acids is 1. The molecular formula is C17H20O4. The molecule has 0 aromatic heterocycles. The second-order valence-corrected chi connectivity index (χ2v) is 5.43. The lowest BCUT2D eigenvalue weighted by Crippen LogP contribution is -2.09. The van der Waals surface area contributed by atoms with Crippen molar-refractivity contribution in [2.75, 3.05) is 7.11 Å². The monoisotopic (exact) mass is 288 g/mol. The van der Waals surface area contributed by atoms with Gasteiger partial charge in [0.1, 0.15) is 5.75 Å². The summed E-state index contributed by atoms with van der Waals surface area (Å²) in [5.41, 5.74) is 0.810. The Morgan fingerprint density at radius 2 is 1.86 bits per heavy atom. The number of methoxy groups -OCH3 is 1. The zero-order valence-corrected chi connectivity index (χ0v) is 12.2. The molecule has 112 valence electrons. The van der Waals surface area contributed by atoms with Crippen molar-refractivity contribution < 1.29 is 19.7 Å². The number of hydrogen-bond acceptors (Lipinski definition) is 3. The van der Waals surface area contributed by atoms with Crippen LogP contribution in [0.2, 0.25) is 0 Å². The Balaban J connectivity index is 2.16. The van der Waals surface area contributed by atoms with Gasteiger partial charge in [0, 0.05) is 6.42 Å². The van der Waals surface area contributed by atoms with Crippen LogP contribution in [-0.2, 0) is 4.79 Å². The minimum atomic E-state index is -0.833. The number of carboxylic acids is 1. The van der Waals surface area contributed by atoms with E-state index in [0.29, 0.717) is 6.42 Å². The van der Waals surface area contributed by atoms with Crippen LogP contribution in [0.25, 0.3) is 10.8 Å². The van der Waals surface area contributed by atoms with Gasteiger partial charge < -0.3 is 14.9 Å². The smallest absolute Gasteiger partial charge is 0.303 e. The number of hydrogen-bond donors (Lipinski definition) is 2. The van der Waals surface area contributed by atoms with Crippen molar-refractivity contribution in [1.29, 1.82) is 0 Å². The fourth-order valence-corrected chi connectivity index (χ4v) is 2.48. The molecule has 0 aliphatic rings. The van der Waals surface area contributed by atoms with E-state index in [9.17, 15) is 9.90 Å². The molecule has 4 nitrogen and oxygen atoms in total. The molecule has 2 N–H and O–H groups in total. The first-order chi connectivity index (χ1) is 9.99. The third-order valence-electron chi connectivity index (χ3n) is 3.60. The topological polar surface area (TPSA) is 66.8 Å². The molecule has 4 heteroatoms. The highest BCUT2D eigenvalue weighted by Gasteiger charge is 2.15. The predicted octanol–water partition coefficient (Wildman–Crippen LogP) is 3.38. The van der Waals surface area contributed by atoms with Crippen molar-refractivity contribution in [2.24, 2.45) is 5.92 Å². The van der Waals surface area contributed by atoms with Gasteiger partial charge in [-0.05, 0) is 46.9 Å². The van der Waals surface area contributed by atoms with Crippen LogP contribution in [0.4, 0.5) is 0 Å². The summed E-state index contributed by atoms with van der Waals surface area (Å²) in [4.78, 5) is 10.7. The Hall–Kier alpha value is -2.07. The van der Waals surface area contributed by atoms with Crippen LogP contribution in [-0.4, -0.2) is 23.3 Å². The Morgan fingerprint density at radius 3 is 2.52 bits per heavy atom. The molecular weight excluding hydrogens is 268 g/mol. The Bertz CT molecular complexity index is 636. The lowest BCUT2D eigenvalue weighted by atomic mass is 9.94. The van der Waals surface area contributed by atoms with Crippen LogP contribution >= 0.6 is 0 Å². The van der Waals surface area contributed by atoms with Crippen molar-refractivity contribution >= 4 is 16.7 Å². The maximum atomic E-state index is 10.7. The molecule has 2 aromatic carbocycles. The van der Waals surface area contributed by atoms with Crippen LogP contribution in [0.3, 0.4) is 0 Å². The van der Waals surface area contributed by atoms with Crippen molar-refractivity contribution in [3.05, 3.63) is 42.0 Å². The molecule has 0 aliphatic heterocycles. The fraction of sp³-hybridized carbons (Fsp3) is 0.353. The second-order valence-electron chi connectivity index (χ2n) is 5.43. The summed E-state index contributed by atoms with van der Waals surface area (Å²) in [5, 5.41) is 21.1. The number of benzene rings is 2. The highest BCUT2D eigenvalue weighted by atomic mass is 16.5. The zero-order chi connectivity index (χ0) is 15.4. The molecule has 21 heavy (non-hydrogen) atoms. The molecule has 0 amide bonds. The number of aliphatic hydroxyl groups excluding tert-OH is 1. The molecule has 0 spiro atoms. The fourth-order valence-electron chi connectivity index (χ4n) is 2.48. The van der Waals surface area contributed by atoms with Crippen LogP contribution in [0, 0.1) is 5.92 Å². The Morgan fingerprint density at radius 1 is 1.19 bits per heavy atom. The first kappa shape index (κ1) is 15.3. The maximum Gasteiger partial charge on any atom is 0.303 e. The van der Waals surface area contributed by atoms with E-state index < -0.39 is 12.1 Å². The summed E-state index contributed by atoms with van der Waals surface area (Å²) in [6.45, 7) is 1.84. The van der Waals surface area contributed by atoms with E-state index in [0.717, 1.165) is 22.1 Å². The predicted molar refractivity (Wildman–Crippen MR) is 81.5 cm³/mol. The molecule has 2 unspecified atom stereocenters. The first-order valence-corrected chi connectivity index (χ1v) is 6.97. The number of fused-ring (bicyclic) bond motifs is 1. The molecule has 2 aromatic rings. The summed E-state index contributed by atoms with van der Waals surface area (Å²) in [6.07, 6.45) is -0.138. The van der Waals surface area contributed by atoms with Crippen LogP contribution in [0.1, 0.15) is 31.4 Å². The van der Waals surface area contributed by atoms with Gasteiger partial charge in [-0.3, -0.25) is 4.79 Å². The third kappa shape index (κ3) is 3.95. The van der Waals surface area contributed by atoms with E-state index >= 15 is 0 Å².